The number of aliphatic imine (C=N–C) groups is 1. The lowest BCUT2D eigenvalue weighted by Gasteiger charge is -2.24. The largest absolute Gasteiger partial charge is 0.346 e. The smallest absolute Gasteiger partial charge is 0.164 e. The van der Waals surface area contributed by atoms with Crippen molar-refractivity contribution in [1.29, 1.82) is 0 Å². The van der Waals surface area contributed by atoms with Gasteiger partial charge in [-0.2, -0.15) is 0 Å². The van der Waals surface area contributed by atoms with Crippen molar-refractivity contribution >= 4 is 32.5 Å². The average Bonchev–Trinajstić information content (AvgIpc) is 2.98. The Morgan fingerprint density at radius 3 is 2.85 bits per heavy atom. The van der Waals surface area contributed by atoms with Gasteiger partial charge in [-0.05, 0) is 18.6 Å². The highest BCUT2D eigenvalue weighted by molar-refractivity contribution is 8.14. The molecule has 0 saturated carbocycles. The van der Waals surface area contributed by atoms with Crippen LogP contribution >= 0.6 is 11.8 Å². The molecule has 0 N–H and O–H groups in total. The number of sulfone groups is 1. The van der Waals surface area contributed by atoms with E-state index in [9.17, 15) is 12.8 Å². The van der Waals surface area contributed by atoms with Crippen molar-refractivity contribution in [3.05, 3.63) is 30.1 Å². The summed E-state index contributed by atoms with van der Waals surface area (Å²) in [4.78, 5) is 6.38. The number of nitrogens with zero attached hydrogens (tertiary/aromatic N) is 2. The second kappa shape index (κ2) is 5.37. The third-order valence-corrected chi connectivity index (χ3v) is 6.25. The van der Waals surface area contributed by atoms with Crippen molar-refractivity contribution in [2.24, 2.45) is 4.99 Å². The number of hydrogen-bond acceptors (Lipinski definition) is 4. The fourth-order valence-corrected chi connectivity index (χ4v) is 5.29. The van der Waals surface area contributed by atoms with E-state index < -0.39 is 9.84 Å². The van der Waals surface area contributed by atoms with Crippen molar-refractivity contribution < 1.29 is 12.8 Å². The molecule has 20 heavy (non-hydrogen) atoms. The van der Waals surface area contributed by atoms with Crippen LogP contribution in [0.25, 0.3) is 0 Å². The minimum Gasteiger partial charge on any atom is -0.346 e. The monoisotopic (exact) mass is 314 g/mol. The maximum absolute atomic E-state index is 13.6. The molecule has 0 spiro atoms. The quantitative estimate of drug-likeness (QED) is 0.838. The predicted molar refractivity (Wildman–Crippen MR) is 79.7 cm³/mol. The zero-order valence-corrected chi connectivity index (χ0v) is 12.5. The highest BCUT2D eigenvalue weighted by Gasteiger charge is 2.36. The molecule has 0 unspecified atom stereocenters. The SMILES string of the molecule is O=S1(=O)CC[C@H](N2CCSC2=Nc2ccccc2F)C1. The lowest BCUT2D eigenvalue weighted by Crippen LogP contribution is -2.36. The first-order valence-corrected chi connectivity index (χ1v) is 9.29. The number of thioether (sulfide) groups is 1. The van der Waals surface area contributed by atoms with Gasteiger partial charge in [0.05, 0.1) is 11.5 Å². The standard InChI is InChI=1S/C13H15FN2O2S2/c14-11-3-1-2-4-12(11)15-13-16(6-7-19-13)10-5-8-20(17,18)9-10/h1-4,10H,5-9H2/t10-/m0/s1. The van der Waals surface area contributed by atoms with E-state index in [1.165, 1.54) is 6.07 Å². The Hall–Kier alpha value is -1.08. The van der Waals surface area contributed by atoms with Crippen molar-refractivity contribution in [1.82, 2.24) is 4.90 Å². The van der Waals surface area contributed by atoms with Gasteiger partial charge in [-0.15, -0.1) is 0 Å². The number of halogens is 1. The summed E-state index contributed by atoms with van der Waals surface area (Å²) in [6.45, 7) is 0.776. The molecule has 3 rings (SSSR count). The number of rotatable bonds is 2. The molecule has 7 heteroatoms. The van der Waals surface area contributed by atoms with Crippen LogP contribution in [0, 0.1) is 5.82 Å². The summed E-state index contributed by atoms with van der Waals surface area (Å²) in [5, 5.41) is 0.734. The topological polar surface area (TPSA) is 49.7 Å². The first kappa shape index (κ1) is 13.9. The van der Waals surface area contributed by atoms with Gasteiger partial charge < -0.3 is 4.90 Å². The molecular weight excluding hydrogens is 299 g/mol. The van der Waals surface area contributed by atoms with Gasteiger partial charge >= 0.3 is 0 Å². The number of benzene rings is 1. The van der Waals surface area contributed by atoms with Gasteiger partial charge in [-0.3, -0.25) is 0 Å². The van der Waals surface area contributed by atoms with Crippen molar-refractivity contribution in [3.8, 4) is 0 Å². The third kappa shape index (κ3) is 2.83. The van der Waals surface area contributed by atoms with Gasteiger partial charge in [0, 0.05) is 18.3 Å². The van der Waals surface area contributed by atoms with E-state index in [-0.39, 0.29) is 23.4 Å². The maximum Gasteiger partial charge on any atom is 0.164 e. The molecule has 0 amide bonds. The number of para-hydroxylation sites is 1. The summed E-state index contributed by atoms with van der Waals surface area (Å²) in [5.41, 5.74) is 0.308. The summed E-state index contributed by atoms with van der Waals surface area (Å²) in [6.07, 6.45) is 0.638. The molecule has 2 aliphatic rings. The molecule has 2 heterocycles. The van der Waals surface area contributed by atoms with Crippen LogP contribution in [0.2, 0.25) is 0 Å². The van der Waals surface area contributed by atoms with E-state index in [2.05, 4.69) is 4.99 Å². The van der Waals surface area contributed by atoms with Gasteiger partial charge in [0.15, 0.2) is 15.0 Å². The van der Waals surface area contributed by atoms with Gasteiger partial charge in [0.25, 0.3) is 0 Å². The minimum absolute atomic E-state index is 0.0134. The third-order valence-electron chi connectivity index (χ3n) is 3.53. The van der Waals surface area contributed by atoms with Crippen LogP contribution in [-0.4, -0.2) is 48.3 Å². The maximum atomic E-state index is 13.6. The van der Waals surface area contributed by atoms with E-state index in [0.717, 1.165) is 17.5 Å². The first-order chi connectivity index (χ1) is 9.55. The van der Waals surface area contributed by atoms with Crippen LogP contribution in [0.15, 0.2) is 29.3 Å². The lowest BCUT2D eigenvalue weighted by molar-refractivity contribution is 0.366. The molecule has 108 valence electrons. The summed E-state index contributed by atoms with van der Waals surface area (Å²) in [6, 6.07) is 6.36. The van der Waals surface area contributed by atoms with E-state index in [4.69, 9.17) is 0 Å². The summed E-state index contributed by atoms with van der Waals surface area (Å²) in [5.74, 6) is 0.936. The Morgan fingerprint density at radius 1 is 1.35 bits per heavy atom. The van der Waals surface area contributed by atoms with Crippen molar-refractivity contribution in [2.75, 3.05) is 23.8 Å². The van der Waals surface area contributed by atoms with Gasteiger partial charge in [-0.25, -0.2) is 17.8 Å². The second-order valence-electron chi connectivity index (χ2n) is 4.94. The Balaban J connectivity index is 1.85. The Bertz CT molecular complexity index is 646. The number of hydrogen-bond donors (Lipinski definition) is 0. The molecule has 2 saturated heterocycles. The molecule has 1 aromatic rings. The molecule has 2 aliphatic heterocycles. The predicted octanol–water partition coefficient (Wildman–Crippen LogP) is 2.05. The molecule has 0 aromatic heterocycles. The summed E-state index contributed by atoms with van der Waals surface area (Å²) < 4.78 is 36.8. The van der Waals surface area contributed by atoms with Crippen LogP contribution in [0.4, 0.5) is 10.1 Å². The Kier molecular flexibility index (Phi) is 3.72. The zero-order chi connectivity index (χ0) is 14.2. The van der Waals surface area contributed by atoms with E-state index in [0.29, 0.717) is 12.1 Å². The van der Waals surface area contributed by atoms with Crippen LogP contribution in [0.3, 0.4) is 0 Å². The van der Waals surface area contributed by atoms with Crippen LogP contribution in [-0.2, 0) is 9.84 Å². The summed E-state index contributed by atoms with van der Waals surface area (Å²) in [7, 11) is -2.92. The normalized spacial score (nSPS) is 27.4. The van der Waals surface area contributed by atoms with Gasteiger partial charge in [-0.1, -0.05) is 23.9 Å². The van der Waals surface area contributed by atoms with Crippen LogP contribution in [0.1, 0.15) is 6.42 Å². The van der Waals surface area contributed by atoms with Crippen LogP contribution < -0.4 is 0 Å². The van der Waals surface area contributed by atoms with Crippen molar-refractivity contribution in [3.63, 3.8) is 0 Å². The summed E-state index contributed by atoms with van der Waals surface area (Å²) >= 11 is 1.56. The highest BCUT2D eigenvalue weighted by atomic mass is 32.2. The lowest BCUT2D eigenvalue weighted by atomic mass is 10.2. The second-order valence-corrected chi connectivity index (χ2v) is 8.24. The molecule has 1 aromatic carbocycles. The molecular formula is C13H15FN2O2S2. The van der Waals surface area contributed by atoms with E-state index in [1.54, 1.807) is 30.0 Å². The zero-order valence-electron chi connectivity index (χ0n) is 10.8. The average molecular weight is 314 g/mol. The Morgan fingerprint density at radius 2 is 2.15 bits per heavy atom. The highest BCUT2D eigenvalue weighted by Crippen LogP contribution is 2.29. The fraction of sp³-hybridized carbons (Fsp3) is 0.462. The molecule has 0 bridgehead atoms. The van der Waals surface area contributed by atoms with Crippen LogP contribution in [0.5, 0.6) is 0 Å². The number of amidine groups is 1. The van der Waals surface area contributed by atoms with E-state index >= 15 is 0 Å². The molecule has 4 nitrogen and oxygen atoms in total. The van der Waals surface area contributed by atoms with Crippen molar-refractivity contribution in [2.45, 2.75) is 12.5 Å². The first-order valence-electron chi connectivity index (χ1n) is 6.48. The van der Waals surface area contributed by atoms with E-state index in [1.807, 2.05) is 4.90 Å². The molecule has 0 aliphatic carbocycles. The molecule has 0 radical (unpaired) electrons. The molecule has 2 fully saturated rings. The minimum atomic E-state index is -2.92. The Labute approximate surface area is 122 Å². The van der Waals surface area contributed by atoms with Gasteiger partial charge in [0.2, 0.25) is 0 Å². The van der Waals surface area contributed by atoms with Gasteiger partial charge in [0.1, 0.15) is 11.5 Å². The molecule has 1 atom stereocenters. The fourth-order valence-electron chi connectivity index (χ4n) is 2.52.